The van der Waals surface area contributed by atoms with Crippen molar-refractivity contribution in [2.75, 3.05) is 20.1 Å². The van der Waals surface area contributed by atoms with Crippen LogP contribution in [-0.2, 0) is 20.4 Å². The van der Waals surface area contributed by atoms with E-state index in [9.17, 15) is 9.36 Å². The van der Waals surface area contributed by atoms with Crippen LogP contribution in [0.25, 0.3) is 10.9 Å². The minimum absolute atomic E-state index is 0.0601. The number of carbonyl (C=O) groups is 1. The summed E-state index contributed by atoms with van der Waals surface area (Å²) in [6, 6.07) is 18.7. The van der Waals surface area contributed by atoms with Crippen molar-refractivity contribution < 1.29 is 14.2 Å². The molecule has 3 rings (SSSR count). The largest absolute Gasteiger partial charge is 0.398 e. The Balaban J connectivity index is 1.72. The topological polar surface area (TPSA) is 80.6 Å². The van der Waals surface area contributed by atoms with Crippen molar-refractivity contribution in [1.29, 1.82) is 0 Å². The van der Waals surface area contributed by atoms with Gasteiger partial charge in [-0.05, 0) is 18.3 Å². The molecule has 1 N–H and O–H groups in total. The summed E-state index contributed by atoms with van der Waals surface area (Å²) >= 11 is 0. The van der Waals surface area contributed by atoms with E-state index in [1.807, 2.05) is 48.5 Å². The molecule has 2 aromatic carbocycles. The summed E-state index contributed by atoms with van der Waals surface area (Å²) in [4.78, 5) is 21.8. The molecule has 6 nitrogen and oxygen atoms in total. The summed E-state index contributed by atoms with van der Waals surface area (Å²) in [6.07, 6.45) is 2.13. The van der Waals surface area contributed by atoms with E-state index < -0.39 is 13.0 Å². The first kappa shape index (κ1) is 19.8. The van der Waals surface area contributed by atoms with E-state index in [1.165, 1.54) is 7.11 Å². The summed E-state index contributed by atoms with van der Waals surface area (Å²) in [7, 11) is -1.31. The molecular formula is C21H22N3O3P. The van der Waals surface area contributed by atoms with E-state index in [4.69, 9.17) is 4.84 Å². The zero-order valence-electron chi connectivity index (χ0n) is 15.8. The SMILES string of the molecule is CO/N=C(\C(=O)NCP(C)(=O)Cc1cccc2cccnc12)c1ccccc1. The van der Waals surface area contributed by atoms with Crippen LogP contribution in [0.5, 0.6) is 0 Å². The number of pyridine rings is 1. The van der Waals surface area contributed by atoms with Gasteiger partial charge in [-0.3, -0.25) is 9.78 Å². The number of para-hydroxylation sites is 1. The normalized spacial score (nSPS) is 13.7. The van der Waals surface area contributed by atoms with Crippen molar-refractivity contribution >= 4 is 29.7 Å². The Morgan fingerprint density at radius 1 is 1.11 bits per heavy atom. The molecule has 7 heteroatoms. The Morgan fingerprint density at radius 2 is 1.86 bits per heavy atom. The van der Waals surface area contributed by atoms with Gasteiger partial charge in [0.25, 0.3) is 5.91 Å². The molecule has 0 aliphatic carbocycles. The summed E-state index contributed by atoms with van der Waals surface area (Å²) < 4.78 is 13.1. The van der Waals surface area contributed by atoms with Crippen LogP contribution in [0.2, 0.25) is 0 Å². The van der Waals surface area contributed by atoms with E-state index in [-0.39, 0.29) is 12.0 Å². The van der Waals surface area contributed by atoms with Gasteiger partial charge in [0, 0.05) is 23.3 Å². The molecule has 0 radical (unpaired) electrons. The van der Waals surface area contributed by atoms with Gasteiger partial charge in [0.15, 0.2) is 5.71 Å². The van der Waals surface area contributed by atoms with Crippen LogP contribution in [0, 0.1) is 0 Å². The van der Waals surface area contributed by atoms with Crippen LogP contribution in [0.15, 0.2) is 72.0 Å². The molecule has 1 atom stereocenters. The maximum Gasteiger partial charge on any atom is 0.274 e. The standard InChI is InChI=1S/C21H22N3O3P/c1-27-24-20(17-8-4-3-5-9-17)21(25)23-15-28(2,26)14-18-11-6-10-16-12-7-13-22-19(16)18/h3-13H,14-15H2,1-2H3,(H,23,25)/b24-20-. The Hall–Kier alpha value is -2.98. The predicted molar refractivity (Wildman–Crippen MR) is 112 cm³/mol. The molecule has 3 aromatic rings. The van der Waals surface area contributed by atoms with E-state index >= 15 is 0 Å². The number of oxime groups is 1. The van der Waals surface area contributed by atoms with Crippen LogP contribution in [0.3, 0.4) is 0 Å². The van der Waals surface area contributed by atoms with Crippen molar-refractivity contribution in [3.05, 3.63) is 78.0 Å². The Morgan fingerprint density at radius 3 is 2.61 bits per heavy atom. The van der Waals surface area contributed by atoms with Crippen molar-refractivity contribution in [1.82, 2.24) is 10.3 Å². The van der Waals surface area contributed by atoms with Gasteiger partial charge in [0.05, 0.1) is 11.8 Å². The number of aromatic nitrogens is 1. The molecule has 0 saturated heterocycles. The number of rotatable bonds is 7. The van der Waals surface area contributed by atoms with E-state index in [0.717, 1.165) is 16.5 Å². The number of amides is 1. The van der Waals surface area contributed by atoms with Crippen LogP contribution < -0.4 is 5.32 Å². The second kappa shape index (κ2) is 8.81. The summed E-state index contributed by atoms with van der Waals surface area (Å²) in [5, 5.41) is 7.57. The Kier molecular flexibility index (Phi) is 6.22. The summed E-state index contributed by atoms with van der Waals surface area (Å²) in [5.74, 6) is -0.425. The maximum atomic E-state index is 13.1. The van der Waals surface area contributed by atoms with Gasteiger partial charge in [-0.2, -0.15) is 0 Å². The summed E-state index contributed by atoms with van der Waals surface area (Å²) in [6.45, 7) is 1.69. The zero-order valence-corrected chi connectivity index (χ0v) is 16.7. The third kappa shape index (κ3) is 4.84. The van der Waals surface area contributed by atoms with Gasteiger partial charge < -0.3 is 14.7 Å². The highest BCUT2D eigenvalue weighted by Gasteiger charge is 2.22. The lowest BCUT2D eigenvalue weighted by Crippen LogP contribution is -2.32. The molecule has 0 aliphatic heterocycles. The minimum Gasteiger partial charge on any atom is -0.398 e. The fourth-order valence-corrected chi connectivity index (χ4v) is 4.51. The van der Waals surface area contributed by atoms with Crippen LogP contribution in [0.4, 0.5) is 0 Å². The first-order chi connectivity index (χ1) is 13.5. The third-order valence-corrected chi connectivity index (χ3v) is 6.08. The molecule has 0 fully saturated rings. The third-order valence-electron chi connectivity index (χ3n) is 4.24. The molecule has 0 aliphatic rings. The van der Waals surface area contributed by atoms with Crippen LogP contribution in [-0.4, -0.2) is 36.7 Å². The predicted octanol–water partition coefficient (Wildman–Crippen LogP) is 3.85. The highest BCUT2D eigenvalue weighted by Crippen LogP contribution is 2.44. The molecule has 0 bridgehead atoms. The van der Waals surface area contributed by atoms with E-state index in [1.54, 1.807) is 25.0 Å². The lowest BCUT2D eigenvalue weighted by Gasteiger charge is -2.15. The first-order valence-electron chi connectivity index (χ1n) is 8.83. The van der Waals surface area contributed by atoms with Gasteiger partial charge in [-0.15, -0.1) is 0 Å². The second-order valence-corrected chi connectivity index (χ2v) is 9.83. The summed E-state index contributed by atoms with van der Waals surface area (Å²) in [5.41, 5.74) is 2.53. The van der Waals surface area contributed by atoms with E-state index in [2.05, 4.69) is 15.5 Å². The molecule has 1 amide bonds. The van der Waals surface area contributed by atoms with Crippen molar-refractivity contribution in [3.63, 3.8) is 0 Å². The maximum absolute atomic E-state index is 13.1. The average molecular weight is 395 g/mol. The van der Waals surface area contributed by atoms with Crippen molar-refractivity contribution in [2.45, 2.75) is 6.16 Å². The molecule has 1 unspecified atom stereocenters. The highest BCUT2D eigenvalue weighted by molar-refractivity contribution is 7.62. The molecule has 28 heavy (non-hydrogen) atoms. The molecule has 1 aromatic heterocycles. The Labute approximate surface area is 164 Å². The number of hydrogen-bond acceptors (Lipinski definition) is 5. The first-order valence-corrected chi connectivity index (χ1v) is 11.4. The molecule has 0 saturated carbocycles. The highest BCUT2D eigenvalue weighted by atomic mass is 31.2. The molecule has 144 valence electrons. The second-order valence-electron chi connectivity index (χ2n) is 6.60. The molecule has 0 spiro atoms. The number of fused-ring (bicyclic) bond motifs is 1. The smallest absolute Gasteiger partial charge is 0.274 e. The van der Waals surface area contributed by atoms with Gasteiger partial charge in [0.1, 0.15) is 14.3 Å². The zero-order chi connectivity index (χ0) is 20.0. The number of nitrogens with zero attached hydrogens (tertiary/aromatic N) is 2. The fourth-order valence-electron chi connectivity index (χ4n) is 2.95. The molecular weight excluding hydrogens is 373 g/mol. The quantitative estimate of drug-likeness (QED) is 0.374. The van der Waals surface area contributed by atoms with Gasteiger partial charge in [-0.1, -0.05) is 59.8 Å². The van der Waals surface area contributed by atoms with Crippen LogP contribution >= 0.6 is 7.14 Å². The fraction of sp³-hybridized carbons (Fsp3) is 0.190. The van der Waals surface area contributed by atoms with Crippen molar-refractivity contribution in [3.8, 4) is 0 Å². The van der Waals surface area contributed by atoms with Crippen LogP contribution in [0.1, 0.15) is 11.1 Å². The number of hydrogen-bond donors (Lipinski definition) is 1. The lowest BCUT2D eigenvalue weighted by atomic mass is 10.1. The van der Waals surface area contributed by atoms with Gasteiger partial charge in [-0.25, -0.2) is 0 Å². The van der Waals surface area contributed by atoms with Gasteiger partial charge in [0.2, 0.25) is 0 Å². The number of carbonyl (C=O) groups excluding carboxylic acids is 1. The number of nitrogens with one attached hydrogen (secondary N) is 1. The Bertz CT molecular complexity index is 1050. The lowest BCUT2D eigenvalue weighted by molar-refractivity contribution is -0.114. The molecule has 1 heterocycles. The van der Waals surface area contributed by atoms with Crippen molar-refractivity contribution in [2.24, 2.45) is 5.16 Å². The minimum atomic E-state index is -2.69. The number of benzene rings is 2. The monoisotopic (exact) mass is 395 g/mol. The van der Waals surface area contributed by atoms with E-state index in [0.29, 0.717) is 11.7 Å². The van der Waals surface area contributed by atoms with Gasteiger partial charge >= 0.3 is 0 Å². The average Bonchev–Trinajstić information content (AvgIpc) is 2.71.